The summed E-state index contributed by atoms with van der Waals surface area (Å²) >= 11 is 0. The highest BCUT2D eigenvalue weighted by Gasteiger charge is 2.40. The fourth-order valence-electron chi connectivity index (χ4n) is 4.67. The third kappa shape index (κ3) is 4.55. The Morgan fingerprint density at radius 1 is 1.16 bits per heavy atom. The maximum Gasteiger partial charge on any atom is 0.162 e. The molecule has 2 aliphatic heterocycles. The Morgan fingerprint density at radius 3 is 2.65 bits per heavy atom. The largest absolute Gasteiger partial charge is 0.504 e. The monoisotopic (exact) mass is 423 g/mol. The molecular weight excluding hydrogens is 390 g/mol. The molecule has 2 heterocycles. The average Bonchev–Trinajstić information content (AvgIpc) is 2.81. The van der Waals surface area contributed by atoms with Gasteiger partial charge in [0.2, 0.25) is 0 Å². The van der Waals surface area contributed by atoms with Gasteiger partial charge in [-0.1, -0.05) is 31.2 Å². The molecule has 2 aromatic carbocycles. The number of methoxy groups -OCH3 is 1. The lowest BCUT2D eigenvalue weighted by Crippen LogP contribution is -2.56. The Morgan fingerprint density at radius 2 is 1.94 bits per heavy atom. The van der Waals surface area contributed by atoms with Crippen LogP contribution >= 0.6 is 0 Å². The number of aliphatic imine (C=N–C) groups is 1. The summed E-state index contributed by atoms with van der Waals surface area (Å²) in [5.74, 6) is 1.57. The van der Waals surface area contributed by atoms with Crippen molar-refractivity contribution in [3.63, 3.8) is 0 Å². The summed E-state index contributed by atoms with van der Waals surface area (Å²) in [6.45, 7) is 7.73. The van der Waals surface area contributed by atoms with E-state index < -0.39 is 0 Å². The topological polar surface area (TPSA) is 66.3 Å². The lowest BCUT2D eigenvalue weighted by Gasteiger charge is -2.45. The van der Waals surface area contributed by atoms with Gasteiger partial charge in [-0.25, -0.2) is 0 Å². The number of aromatic hydroxyl groups is 1. The second-order valence-corrected chi connectivity index (χ2v) is 8.28. The first-order valence-corrected chi connectivity index (χ1v) is 11.3. The van der Waals surface area contributed by atoms with Crippen molar-refractivity contribution < 1.29 is 14.6 Å². The summed E-state index contributed by atoms with van der Waals surface area (Å²) in [5, 5.41) is 14.8. The van der Waals surface area contributed by atoms with Gasteiger partial charge in [0.15, 0.2) is 11.5 Å². The molecule has 1 fully saturated rings. The van der Waals surface area contributed by atoms with Gasteiger partial charge in [-0.3, -0.25) is 10.3 Å². The maximum absolute atomic E-state index is 10.9. The molecule has 166 valence electrons. The van der Waals surface area contributed by atoms with Crippen LogP contribution in [0.15, 0.2) is 47.5 Å². The van der Waals surface area contributed by atoms with Crippen LogP contribution in [0.25, 0.3) is 0 Å². The third-order valence-electron chi connectivity index (χ3n) is 6.43. The molecule has 4 rings (SSSR count). The van der Waals surface area contributed by atoms with Crippen LogP contribution in [0.4, 0.5) is 0 Å². The van der Waals surface area contributed by atoms with E-state index in [1.807, 2.05) is 43.3 Å². The smallest absolute Gasteiger partial charge is 0.162 e. The highest BCUT2D eigenvalue weighted by molar-refractivity contribution is 6.02. The summed E-state index contributed by atoms with van der Waals surface area (Å²) in [6, 6.07) is 13.8. The quantitative estimate of drug-likeness (QED) is 0.731. The number of piperidine rings is 1. The van der Waals surface area contributed by atoms with Gasteiger partial charge in [0, 0.05) is 36.8 Å². The van der Waals surface area contributed by atoms with Gasteiger partial charge in [0.1, 0.15) is 11.4 Å². The molecule has 0 bridgehead atoms. The standard InChI is InChI=1S/C25H33N3O3/c1-4-28-14-12-25(13-15-28)26-21(18-8-6-9-19(16-18)30-3)17-22(27-25)20-10-7-11-23(24(20)29)31-5-2/h6-11,16,22,27,29H,4-5,12-15,17H2,1-3H3/t22-/m1/s1. The molecule has 6 nitrogen and oxygen atoms in total. The van der Waals surface area contributed by atoms with Crippen molar-refractivity contribution in [3.8, 4) is 17.2 Å². The number of para-hydroxylation sites is 1. The first kappa shape index (κ1) is 21.7. The molecule has 2 aliphatic rings. The summed E-state index contributed by atoms with van der Waals surface area (Å²) < 4.78 is 11.1. The Bertz CT molecular complexity index is 935. The van der Waals surface area contributed by atoms with Gasteiger partial charge < -0.3 is 19.5 Å². The summed E-state index contributed by atoms with van der Waals surface area (Å²) in [4.78, 5) is 7.72. The number of phenolic OH excluding ortho intramolecular Hbond substituents is 1. The minimum absolute atomic E-state index is 0.0488. The van der Waals surface area contributed by atoms with Gasteiger partial charge in [-0.15, -0.1) is 0 Å². The van der Waals surface area contributed by atoms with E-state index in [1.165, 1.54) is 0 Å². The van der Waals surface area contributed by atoms with E-state index in [1.54, 1.807) is 7.11 Å². The number of nitrogens with zero attached hydrogens (tertiary/aromatic N) is 2. The molecule has 2 aromatic rings. The fraction of sp³-hybridized carbons (Fsp3) is 0.480. The molecule has 0 amide bonds. The predicted molar refractivity (Wildman–Crippen MR) is 123 cm³/mol. The number of nitrogens with one attached hydrogen (secondary N) is 1. The molecule has 1 saturated heterocycles. The van der Waals surface area contributed by atoms with Crippen molar-refractivity contribution >= 4 is 5.71 Å². The molecule has 1 spiro atoms. The summed E-state index contributed by atoms with van der Waals surface area (Å²) in [5.41, 5.74) is 2.65. The highest BCUT2D eigenvalue weighted by Crippen LogP contribution is 2.40. The number of rotatable bonds is 6. The minimum atomic E-state index is -0.332. The number of ether oxygens (including phenoxy) is 2. The molecule has 2 N–H and O–H groups in total. The van der Waals surface area contributed by atoms with E-state index in [0.29, 0.717) is 18.8 Å². The Hall–Kier alpha value is -2.57. The second-order valence-electron chi connectivity index (χ2n) is 8.28. The number of phenols is 1. The predicted octanol–water partition coefficient (Wildman–Crippen LogP) is 4.14. The van der Waals surface area contributed by atoms with Gasteiger partial charge in [0.25, 0.3) is 0 Å². The van der Waals surface area contributed by atoms with Gasteiger partial charge in [-0.2, -0.15) is 0 Å². The number of likely N-dealkylation sites (tertiary alicyclic amines) is 1. The Labute approximate surface area is 184 Å². The van der Waals surface area contributed by atoms with Crippen LogP contribution in [0.3, 0.4) is 0 Å². The van der Waals surface area contributed by atoms with Crippen LogP contribution in [0.5, 0.6) is 17.2 Å². The van der Waals surface area contributed by atoms with Crippen LogP contribution in [-0.4, -0.2) is 54.7 Å². The first-order chi connectivity index (χ1) is 15.1. The molecule has 0 saturated carbocycles. The van der Waals surface area contributed by atoms with E-state index in [4.69, 9.17) is 14.5 Å². The lowest BCUT2D eigenvalue weighted by atomic mass is 9.87. The maximum atomic E-state index is 10.9. The molecule has 0 aromatic heterocycles. The zero-order valence-electron chi connectivity index (χ0n) is 18.7. The molecule has 0 radical (unpaired) electrons. The van der Waals surface area contributed by atoms with E-state index in [0.717, 1.165) is 55.1 Å². The Balaban J connectivity index is 1.72. The van der Waals surface area contributed by atoms with E-state index in [-0.39, 0.29) is 17.5 Å². The zero-order chi connectivity index (χ0) is 21.8. The van der Waals surface area contributed by atoms with Crippen LogP contribution < -0.4 is 14.8 Å². The van der Waals surface area contributed by atoms with Gasteiger partial charge >= 0.3 is 0 Å². The minimum Gasteiger partial charge on any atom is -0.504 e. The van der Waals surface area contributed by atoms with Crippen LogP contribution in [0.2, 0.25) is 0 Å². The van der Waals surface area contributed by atoms with E-state index in [9.17, 15) is 5.11 Å². The van der Waals surface area contributed by atoms with E-state index in [2.05, 4.69) is 23.2 Å². The van der Waals surface area contributed by atoms with Crippen molar-refractivity contribution in [2.24, 2.45) is 4.99 Å². The first-order valence-electron chi connectivity index (χ1n) is 11.3. The van der Waals surface area contributed by atoms with Crippen molar-refractivity contribution in [2.75, 3.05) is 33.4 Å². The normalized spacial score (nSPS) is 21.0. The van der Waals surface area contributed by atoms with Crippen LogP contribution in [-0.2, 0) is 0 Å². The third-order valence-corrected chi connectivity index (χ3v) is 6.43. The molecule has 0 aliphatic carbocycles. The van der Waals surface area contributed by atoms with Crippen LogP contribution in [0, 0.1) is 0 Å². The molecule has 31 heavy (non-hydrogen) atoms. The summed E-state index contributed by atoms with van der Waals surface area (Å²) in [6.07, 6.45) is 2.57. The number of hydrogen-bond acceptors (Lipinski definition) is 6. The zero-order valence-corrected chi connectivity index (χ0v) is 18.7. The Kier molecular flexibility index (Phi) is 6.49. The number of benzene rings is 2. The highest BCUT2D eigenvalue weighted by atomic mass is 16.5. The second kappa shape index (κ2) is 9.28. The fourth-order valence-corrected chi connectivity index (χ4v) is 4.67. The SMILES string of the molecule is CCOc1cccc([C@H]2CC(c3cccc(OC)c3)=NC3(CCN(CC)CC3)N2)c1O. The molecular formula is C25H33N3O3. The molecule has 6 heteroatoms. The van der Waals surface area contributed by atoms with Crippen molar-refractivity contribution in [2.45, 2.75) is 44.8 Å². The number of hydrogen-bond donors (Lipinski definition) is 2. The molecule has 1 atom stereocenters. The van der Waals surface area contributed by atoms with Gasteiger partial charge in [-0.05, 0) is 50.1 Å². The lowest BCUT2D eigenvalue weighted by molar-refractivity contribution is 0.129. The van der Waals surface area contributed by atoms with Crippen LogP contribution in [0.1, 0.15) is 50.3 Å². The van der Waals surface area contributed by atoms with Crippen molar-refractivity contribution in [1.29, 1.82) is 0 Å². The van der Waals surface area contributed by atoms with E-state index >= 15 is 0 Å². The van der Waals surface area contributed by atoms with Crippen molar-refractivity contribution in [1.82, 2.24) is 10.2 Å². The molecule has 0 unspecified atom stereocenters. The van der Waals surface area contributed by atoms with Gasteiger partial charge in [0.05, 0.1) is 13.7 Å². The average molecular weight is 424 g/mol. The summed E-state index contributed by atoms with van der Waals surface area (Å²) in [7, 11) is 1.69. The van der Waals surface area contributed by atoms with Crippen molar-refractivity contribution in [3.05, 3.63) is 53.6 Å².